The van der Waals surface area contributed by atoms with Crippen molar-refractivity contribution in [2.24, 2.45) is 0 Å². The van der Waals surface area contributed by atoms with Gasteiger partial charge in [0.2, 0.25) is 20.0 Å². The lowest BCUT2D eigenvalue weighted by Gasteiger charge is -2.17. The second-order valence-electron chi connectivity index (χ2n) is 6.49. The maximum Gasteiger partial charge on any atom is 0.373 e. The van der Waals surface area contributed by atoms with Crippen LogP contribution in [0.15, 0.2) is 46.2 Å². The van der Waals surface area contributed by atoms with Gasteiger partial charge in [0.1, 0.15) is 9.79 Å². The van der Waals surface area contributed by atoms with Crippen LogP contribution >= 0.6 is 62.3 Å². The monoisotopic (exact) mass is 730 g/mol. The number of hydrogen-bond acceptors (Lipinski definition) is 8. The fraction of sp³-hybridized carbons (Fsp3) is 0.364. The number of hydrogen-bond donors (Lipinski definition) is 1. The number of alkyl halides is 1. The van der Waals surface area contributed by atoms with E-state index in [1.165, 1.54) is 49.1 Å². The third kappa shape index (κ3) is 16.5. The van der Waals surface area contributed by atoms with Gasteiger partial charge in [-0.15, -0.1) is 0 Å². The Labute approximate surface area is 257 Å². The molecule has 220 valence electrons. The average Bonchev–Trinajstić information content (AvgIpc) is 2.88. The molecule has 0 spiro atoms. The summed E-state index contributed by atoms with van der Waals surface area (Å²) in [5.74, 6) is 0. The molecule has 17 heteroatoms. The van der Waals surface area contributed by atoms with Crippen molar-refractivity contribution in [3.63, 3.8) is 0 Å². The van der Waals surface area contributed by atoms with Gasteiger partial charge < -0.3 is 0 Å². The van der Waals surface area contributed by atoms with E-state index in [1.807, 2.05) is 6.92 Å². The van der Waals surface area contributed by atoms with Gasteiger partial charge in [-0.3, -0.25) is 0 Å². The fourth-order valence-electron chi connectivity index (χ4n) is 2.09. The highest BCUT2D eigenvalue weighted by Crippen LogP contribution is 2.30. The van der Waals surface area contributed by atoms with Gasteiger partial charge in [-0.1, -0.05) is 88.3 Å². The van der Waals surface area contributed by atoms with Crippen LogP contribution in [0, 0.1) is 0 Å². The molecule has 0 heterocycles. The molecule has 0 radical (unpaired) electrons. The van der Waals surface area contributed by atoms with E-state index in [9.17, 15) is 16.8 Å². The molecule has 0 atom stereocenters. The Hall–Kier alpha value is -1.34. The summed E-state index contributed by atoms with van der Waals surface area (Å²) in [7, 11) is -4.22. The molecule has 10 nitrogen and oxygen atoms in total. The van der Waals surface area contributed by atoms with Crippen LogP contribution < -0.4 is 4.72 Å². The fourth-order valence-corrected chi connectivity index (χ4v) is 5.57. The highest BCUT2D eigenvalue weighted by Gasteiger charge is 2.23. The number of nitrogens with zero attached hydrogens (tertiary/aromatic N) is 1. The quantitative estimate of drug-likeness (QED) is 0.364. The van der Waals surface area contributed by atoms with Gasteiger partial charge in [-0.2, -0.15) is 19.2 Å². The molecule has 0 amide bonds. The lowest BCUT2D eigenvalue weighted by molar-refractivity contribution is -0.193. The summed E-state index contributed by atoms with van der Waals surface area (Å²) in [5.41, 5.74) is 0. The van der Waals surface area contributed by atoms with Crippen molar-refractivity contribution in [2.45, 2.75) is 36.5 Å². The van der Waals surface area contributed by atoms with E-state index < -0.39 is 20.0 Å². The lowest BCUT2D eigenvalue weighted by Crippen LogP contribution is -2.27. The Balaban J connectivity index is -0.000000501. The minimum absolute atomic E-state index is 0.0100. The van der Waals surface area contributed by atoms with Gasteiger partial charge in [-0.05, 0) is 44.2 Å². The highest BCUT2D eigenvalue weighted by molar-refractivity contribution is 9.09. The second-order valence-corrected chi connectivity index (χ2v) is 12.7. The van der Waals surface area contributed by atoms with E-state index in [-0.39, 0.29) is 42.2 Å². The van der Waals surface area contributed by atoms with Crippen molar-refractivity contribution in [3.05, 3.63) is 56.5 Å². The first kappa shape index (κ1) is 42.1. The van der Waals surface area contributed by atoms with Crippen molar-refractivity contribution in [3.8, 4) is 0 Å². The Morgan fingerprint density at radius 1 is 0.795 bits per heavy atom. The molecule has 0 saturated heterocycles. The van der Waals surface area contributed by atoms with Crippen LogP contribution in [0.25, 0.3) is 0 Å². The van der Waals surface area contributed by atoms with Crippen LogP contribution in [-0.4, -0.2) is 59.4 Å². The van der Waals surface area contributed by atoms with Crippen molar-refractivity contribution < 1.29 is 36.0 Å². The first-order valence-electron chi connectivity index (χ1n) is 10.5. The normalized spacial score (nSPS) is 10.0. The smallest absolute Gasteiger partial charge is 0.214 e. The van der Waals surface area contributed by atoms with Gasteiger partial charge in [-0.25, -0.2) is 25.9 Å². The van der Waals surface area contributed by atoms with Crippen LogP contribution in [0.4, 0.5) is 0 Å². The van der Waals surface area contributed by atoms with Gasteiger partial charge in [0.25, 0.3) is 0 Å². The topological polar surface area (TPSA) is 152 Å². The molecular formula is C22H27BrCl4N2O8S2. The standard InChI is InChI=1S/C10H13Cl2NO2S.C7H7Cl2NO2S.C3H7Br.2CO2/c1-3-7-13(2)16(14,15)9-6-4-5-8(11)10(9)12;1-10-13(11,12)6-4-2-3-5(8)7(6)9;1-2-3-4;2*2-1-3/h4-6H,3,7H2,1-2H3;2-4,10H,1H3;2-3H2,1H3;;. The minimum Gasteiger partial charge on any atom is -0.214 e. The maximum absolute atomic E-state index is 12.1. The lowest BCUT2D eigenvalue weighted by atomic mass is 10.4. The van der Waals surface area contributed by atoms with Gasteiger partial charge >= 0.3 is 12.3 Å². The van der Waals surface area contributed by atoms with Crippen LogP contribution in [-0.2, 0) is 39.2 Å². The van der Waals surface area contributed by atoms with Gasteiger partial charge in [0, 0.05) is 18.9 Å². The van der Waals surface area contributed by atoms with E-state index in [0.717, 1.165) is 11.8 Å². The van der Waals surface area contributed by atoms with E-state index >= 15 is 0 Å². The number of benzene rings is 2. The molecule has 0 aliphatic rings. The van der Waals surface area contributed by atoms with Crippen molar-refractivity contribution in [1.82, 2.24) is 9.03 Å². The minimum atomic E-state index is -3.54. The average molecular weight is 733 g/mol. The van der Waals surface area contributed by atoms with Crippen molar-refractivity contribution in [1.29, 1.82) is 0 Å². The number of nitrogens with one attached hydrogen (secondary N) is 1. The summed E-state index contributed by atoms with van der Waals surface area (Å²) in [6.07, 6.45) is 2.48. The zero-order valence-electron chi connectivity index (χ0n) is 21.2. The highest BCUT2D eigenvalue weighted by atomic mass is 79.9. The molecule has 2 rings (SSSR count). The van der Waals surface area contributed by atoms with Crippen molar-refractivity contribution >= 4 is 94.7 Å². The molecule has 1 N–H and O–H groups in total. The van der Waals surface area contributed by atoms with E-state index in [1.54, 1.807) is 12.1 Å². The Bertz CT molecular complexity index is 1270. The molecule has 0 fully saturated rings. The third-order valence-corrected chi connectivity index (χ3v) is 9.82. The Kier molecular flexibility index (Phi) is 25.2. The summed E-state index contributed by atoms with van der Waals surface area (Å²) in [5, 5.41) is 1.71. The molecule has 2 aromatic rings. The van der Waals surface area contributed by atoms with Gasteiger partial charge in [0.05, 0.1) is 20.1 Å². The zero-order chi connectivity index (χ0) is 31.2. The zero-order valence-corrected chi connectivity index (χ0v) is 27.5. The summed E-state index contributed by atoms with van der Waals surface area (Å²) < 4.78 is 50.2. The molecule has 0 aliphatic heterocycles. The largest absolute Gasteiger partial charge is 0.373 e. The molecule has 2 aromatic carbocycles. The number of rotatable bonds is 7. The third-order valence-electron chi connectivity index (χ3n) is 3.81. The Morgan fingerprint density at radius 2 is 1.15 bits per heavy atom. The molecule has 39 heavy (non-hydrogen) atoms. The molecule has 0 aromatic heterocycles. The molecule has 0 saturated carbocycles. The van der Waals surface area contributed by atoms with E-state index in [2.05, 4.69) is 27.6 Å². The van der Waals surface area contributed by atoms with E-state index in [4.69, 9.17) is 65.6 Å². The van der Waals surface area contributed by atoms with E-state index in [0.29, 0.717) is 6.54 Å². The molecule has 0 bridgehead atoms. The van der Waals surface area contributed by atoms with Crippen molar-refractivity contribution in [2.75, 3.05) is 26.0 Å². The number of carbonyl (C=O) groups excluding carboxylic acids is 4. The summed E-state index contributed by atoms with van der Waals surface area (Å²) in [6.45, 7) is 4.49. The molecule has 0 aliphatic carbocycles. The molecular weight excluding hydrogens is 706 g/mol. The first-order chi connectivity index (χ1) is 18.1. The number of sulfonamides is 2. The summed E-state index contributed by atoms with van der Waals surface area (Å²) in [4.78, 5) is 32.5. The maximum atomic E-state index is 12.1. The molecule has 0 unspecified atom stereocenters. The van der Waals surface area contributed by atoms with Crippen LogP contribution in [0.1, 0.15) is 26.7 Å². The van der Waals surface area contributed by atoms with Crippen LogP contribution in [0.5, 0.6) is 0 Å². The Morgan fingerprint density at radius 3 is 1.49 bits per heavy atom. The number of halogens is 5. The summed E-state index contributed by atoms with van der Waals surface area (Å²) >= 11 is 26.3. The SMILES string of the molecule is CCCBr.CCCN(C)S(=O)(=O)c1cccc(Cl)c1Cl.CNS(=O)(=O)c1cccc(Cl)c1Cl.O=C=O.O=C=O. The summed E-state index contributed by atoms with van der Waals surface area (Å²) in [6, 6.07) is 9.02. The predicted molar refractivity (Wildman–Crippen MR) is 153 cm³/mol. The predicted octanol–water partition coefficient (Wildman–Crippen LogP) is 5.55. The van der Waals surface area contributed by atoms with Crippen LogP contribution in [0.2, 0.25) is 20.1 Å². The first-order valence-corrected chi connectivity index (χ1v) is 16.0. The van der Waals surface area contributed by atoms with Gasteiger partial charge in [0.15, 0.2) is 0 Å². The second kappa shape index (κ2) is 23.4. The van der Waals surface area contributed by atoms with Crippen LogP contribution in [0.3, 0.4) is 0 Å².